The Balaban J connectivity index is 1.64. The number of hydrogen-bond donors (Lipinski definition) is 2. The van der Waals surface area contributed by atoms with E-state index in [2.05, 4.69) is 15.8 Å². The van der Waals surface area contributed by atoms with Gasteiger partial charge in [0, 0.05) is 0 Å². The lowest BCUT2D eigenvalue weighted by atomic mass is 10.0. The van der Waals surface area contributed by atoms with Crippen molar-refractivity contribution in [2.75, 3.05) is 6.61 Å². The molecule has 37 heavy (non-hydrogen) atoms. The number of nitrogens with one attached hydrogen (secondary N) is 2. The van der Waals surface area contributed by atoms with E-state index in [0.29, 0.717) is 40.9 Å². The summed E-state index contributed by atoms with van der Waals surface area (Å²) in [5, 5.41) is 7.13. The standard InChI is InChI=1S/C29H32ClN3O4/c1-5-36-26-16-22(14-15-25(26)37-18-21-12-10-20(4)11-13-21)17-31-33-29(35)27(19(2)3)32-28(34)23-8-6-7-9-24(23)30/h6-17,19,27H,5,18H2,1-4H3,(H,32,34)(H,33,35). The first kappa shape index (κ1) is 27.7. The van der Waals surface area contributed by atoms with Crippen molar-refractivity contribution >= 4 is 29.6 Å². The molecule has 0 heterocycles. The number of hydrogen-bond acceptors (Lipinski definition) is 5. The summed E-state index contributed by atoms with van der Waals surface area (Å²) in [6.07, 6.45) is 1.51. The zero-order valence-electron chi connectivity index (χ0n) is 21.5. The van der Waals surface area contributed by atoms with Gasteiger partial charge in [0.2, 0.25) is 0 Å². The van der Waals surface area contributed by atoms with Gasteiger partial charge in [0.05, 0.1) is 23.4 Å². The number of carbonyl (C=O) groups is 2. The second-order valence-electron chi connectivity index (χ2n) is 8.82. The molecule has 2 N–H and O–H groups in total. The molecule has 1 atom stereocenters. The average Bonchev–Trinajstić information content (AvgIpc) is 2.87. The second kappa shape index (κ2) is 13.5. The van der Waals surface area contributed by atoms with Gasteiger partial charge in [-0.2, -0.15) is 5.10 Å². The molecule has 1 unspecified atom stereocenters. The Hall–Kier alpha value is -3.84. The van der Waals surface area contributed by atoms with Crippen molar-refractivity contribution in [3.8, 4) is 11.5 Å². The van der Waals surface area contributed by atoms with Crippen molar-refractivity contribution in [1.82, 2.24) is 10.7 Å². The fraction of sp³-hybridized carbons (Fsp3) is 0.276. The van der Waals surface area contributed by atoms with Gasteiger partial charge < -0.3 is 14.8 Å². The van der Waals surface area contributed by atoms with Crippen LogP contribution in [0.3, 0.4) is 0 Å². The maximum Gasteiger partial charge on any atom is 0.262 e. The molecule has 3 aromatic carbocycles. The Morgan fingerprint density at radius 3 is 2.41 bits per heavy atom. The highest BCUT2D eigenvalue weighted by Gasteiger charge is 2.25. The average molecular weight is 522 g/mol. The molecule has 0 fully saturated rings. The van der Waals surface area contributed by atoms with Crippen molar-refractivity contribution < 1.29 is 19.1 Å². The molecule has 0 saturated carbocycles. The van der Waals surface area contributed by atoms with E-state index < -0.39 is 17.9 Å². The van der Waals surface area contributed by atoms with Crippen LogP contribution in [-0.2, 0) is 11.4 Å². The van der Waals surface area contributed by atoms with Crippen LogP contribution in [0.1, 0.15) is 47.8 Å². The molecule has 0 aromatic heterocycles. The van der Waals surface area contributed by atoms with Gasteiger partial charge in [-0.1, -0.05) is 67.4 Å². The molecule has 0 aliphatic heterocycles. The number of amides is 2. The van der Waals surface area contributed by atoms with Crippen molar-refractivity contribution in [3.63, 3.8) is 0 Å². The number of nitrogens with zero attached hydrogens (tertiary/aromatic N) is 1. The smallest absolute Gasteiger partial charge is 0.262 e. The summed E-state index contributed by atoms with van der Waals surface area (Å²) in [4.78, 5) is 25.4. The van der Waals surface area contributed by atoms with E-state index in [1.807, 2.05) is 64.1 Å². The fourth-order valence-corrected chi connectivity index (χ4v) is 3.70. The topological polar surface area (TPSA) is 89.0 Å². The molecule has 0 radical (unpaired) electrons. The van der Waals surface area contributed by atoms with Gasteiger partial charge in [-0.05, 0) is 61.2 Å². The normalized spacial score (nSPS) is 11.8. The van der Waals surface area contributed by atoms with Gasteiger partial charge in [-0.15, -0.1) is 0 Å². The zero-order chi connectivity index (χ0) is 26.8. The number of hydrazone groups is 1. The highest BCUT2D eigenvalue weighted by Crippen LogP contribution is 2.29. The van der Waals surface area contributed by atoms with E-state index in [1.54, 1.807) is 30.3 Å². The number of aryl methyl sites for hydroxylation is 1. The molecular weight excluding hydrogens is 490 g/mol. The third-order valence-electron chi connectivity index (χ3n) is 5.53. The number of ether oxygens (including phenoxy) is 2. The van der Waals surface area contributed by atoms with Crippen molar-refractivity contribution in [1.29, 1.82) is 0 Å². The Bertz CT molecular complexity index is 1240. The fourth-order valence-electron chi connectivity index (χ4n) is 3.48. The van der Waals surface area contributed by atoms with Gasteiger partial charge in [0.25, 0.3) is 11.8 Å². The molecule has 0 spiro atoms. The maximum atomic E-state index is 12.8. The van der Waals surface area contributed by atoms with Crippen LogP contribution in [0.5, 0.6) is 11.5 Å². The van der Waals surface area contributed by atoms with Crippen LogP contribution in [0.4, 0.5) is 0 Å². The lowest BCUT2D eigenvalue weighted by Gasteiger charge is -2.20. The number of carbonyl (C=O) groups excluding carboxylic acids is 2. The molecule has 3 rings (SSSR count). The van der Waals surface area contributed by atoms with Crippen LogP contribution < -0.4 is 20.2 Å². The van der Waals surface area contributed by atoms with Crippen LogP contribution >= 0.6 is 11.6 Å². The summed E-state index contributed by atoms with van der Waals surface area (Å²) in [5.74, 6) is 0.166. The molecule has 0 bridgehead atoms. The SMILES string of the molecule is CCOc1cc(C=NNC(=O)C(NC(=O)c2ccccc2Cl)C(C)C)ccc1OCc1ccc(C)cc1. The Morgan fingerprint density at radius 2 is 1.73 bits per heavy atom. The van der Waals surface area contributed by atoms with Gasteiger partial charge in [-0.25, -0.2) is 5.43 Å². The first-order valence-corrected chi connectivity index (χ1v) is 12.5. The van der Waals surface area contributed by atoms with Crippen LogP contribution in [0.15, 0.2) is 71.8 Å². The Labute approximate surface area is 222 Å². The zero-order valence-corrected chi connectivity index (χ0v) is 22.2. The predicted octanol–water partition coefficient (Wildman–Crippen LogP) is 5.53. The van der Waals surface area contributed by atoms with Crippen molar-refractivity contribution in [2.24, 2.45) is 11.0 Å². The lowest BCUT2D eigenvalue weighted by molar-refractivity contribution is -0.123. The minimum Gasteiger partial charge on any atom is -0.490 e. The Morgan fingerprint density at radius 1 is 1.00 bits per heavy atom. The Kier molecular flexibility index (Phi) is 10.1. The summed E-state index contributed by atoms with van der Waals surface area (Å²) in [6, 6.07) is 19.5. The van der Waals surface area contributed by atoms with Crippen molar-refractivity contribution in [3.05, 3.63) is 94.0 Å². The van der Waals surface area contributed by atoms with Gasteiger partial charge >= 0.3 is 0 Å². The molecule has 8 heteroatoms. The third kappa shape index (κ3) is 8.08. The highest BCUT2D eigenvalue weighted by atomic mass is 35.5. The van der Waals surface area contributed by atoms with Crippen LogP contribution in [-0.4, -0.2) is 30.7 Å². The van der Waals surface area contributed by atoms with Crippen LogP contribution in [0, 0.1) is 12.8 Å². The molecular formula is C29H32ClN3O4. The van der Waals surface area contributed by atoms with E-state index >= 15 is 0 Å². The molecule has 7 nitrogen and oxygen atoms in total. The number of benzene rings is 3. The molecule has 0 aliphatic carbocycles. The van der Waals surface area contributed by atoms with Gasteiger partial charge in [-0.3, -0.25) is 9.59 Å². The summed E-state index contributed by atoms with van der Waals surface area (Å²) < 4.78 is 11.7. The van der Waals surface area contributed by atoms with Gasteiger partial charge in [0.1, 0.15) is 12.6 Å². The summed E-state index contributed by atoms with van der Waals surface area (Å²) >= 11 is 6.11. The molecule has 2 amide bonds. The molecule has 0 saturated heterocycles. The summed E-state index contributed by atoms with van der Waals surface area (Å²) in [6.45, 7) is 8.50. The minimum absolute atomic E-state index is 0.170. The monoisotopic (exact) mass is 521 g/mol. The van der Waals surface area contributed by atoms with E-state index in [9.17, 15) is 9.59 Å². The second-order valence-corrected chi connectivity index (χ2v) is 9.23. The quantitative estimate of drug-likeness (QED) is 0.256. The van der Waals surface area contributed by atoms with Crippen molar-refractivity contribution in [2.45, 2.75) is 40.3 Å². The first-order chi connectivity index (χ1) is 17.8. The van der Waals surface area contributed by atoms with Crippen LogP contribution in [0.25, 0.3) is 0 Å². The van der Waals surface area contributed by atoms with E-state index in [-0.39, 0.29) is 5.92 Å². The van der Waals surface area contributed by atoms with Crippen LogP contribution in [0.2, 0.25) is 5.02 Å². The van der Waals surface area contributed by atoms with E-state index in [0.717, 1.165) is 5.56 Å². The number of rotatable bonds is 11. The predicted molar refractivity (Wildman–Crippen MR) is 146 cm³/mol. The van der Waals surface area contributed by atoms with Gasteiger partial charge in [0.15, 0.2) is 11.5 Å². The summed E-state index contributed by atoms with van der Waals surface area (Å²) in [7, 11) is 0. The molecule has 3 aromatic rings. The molecule has 194 valence electrons. The minimum atomic E-state index is -0.794. The lowest BCUT2D eigenvalue weighted by Crippen LogP contribution is -2.48. The largest absolute Gasteiger partial charge is 0.490 e. The first-order valence-electron chi connectivity index (χ1n) is 12.1. The molecule has 0 aliphatic rings. The number of halogens is 1. The third-order valence-corrected chi connectivity index (χ3v) is 5.85. The summed E-state index contributed by atoms with van der Waals surface area (Å²) in [5.41, 5.74) is 5.78. The maximum absolute atomic E-state index is 12.8. The van der Waals surface area contributed by atoms with E-state index in [1.165, 1.54) is 11.8 Å². The van der Waals surface area contributed by atoms with E-state index in [4.69, 9.17) is 21.1 Å². The highest BCUT2D eigenvalue weighted by molar-refractivity contribution is 6.33.